The molecule has 6 nitrogen and oxygen atoms in total. The molecule has 0 aliphatic rings. The van der Waals surface area contributed by atoms with Crippen LogP contribution in [-0.4, -0.2) is 52.3 Å². The lowest BCUT2D eigenvalue weighted by Crippen LogP contribution is -2.39. The number of benzene rings is 2. The number of hydrogen-bond donors (Lipinski definition) is 1. The van der Waals surface area contributed by atoms with Crippen LogP contribution in [0.3, 0.4) is 0 Å². The Bertz CT molecular complexity index is 760. The van der Waals surface area contributed by atoms with Gasteiger partial charge in [0.1, 0.15) is 5.75 Å². The van der Waals surface area contributed by atoms with E-state index < -0.39 is 0 Å². The van der Waals surface area contributed by atoms with Crippen molar-refractivity contribution in [3.05, 3.63) is 53.6 Å². The van der Waals surface area contributed by atoms with Crippen LogP contribution in [0.4, 0.5) is 0 Å². The Balaban J connectivity index is 2.00. The lowest BCUT2D eigenvalue weighted by atomic mass is 10.1. The monoisotopic (exact) mass is 385 g/mol. The lowest BCUT2D eigenvalue weighted by Gasteiger charge is -2.22. The van der Waals surface area contributed by atoms with Gasteiger partial charge in [0.2, 0.25) is 0 Å². The van der Waals surface area contributed by atoms with Gasteiger partial charge in [-0.2, -0.15) is 0 Å². The molecule has 0 aliphatic heterocycles. The average molecular weight is 386 g/mol. The van der Waals surface area contributed by atoms with Gasteiger partial charge >= 0.3 is 0 Å². The van der Waals surface area contributed by atoms with Crippen molar-refractivity contribution in [2.75, 3.05) is 41.5 Å². The van der Waals surface area contributed by atoms with Gasteiger partial charge in [-0.3, -0.25) is 0 Å². The largest absolute Gasteiger partial charge is 0.497 e. The molecule has 0 aromatic heterocycles. The molecule has 0 unspecified atom stereocenters. The molecule has 0 spiro atoms. The van der Waals surface area contributed by atoms with E-state index in [4.69, 9.17) is 19.2 Å². The summed E-state index contributed by atoms with van der Waals surface area (Å²) < 4.78 is 15.9. The van der Waals surface area contributed by atoms with E-state index in [2.05, 4.69) is 30.3 Å². The van der Waals surface area contributed by atoms with E-state index in [1.54, 1.807) is 21.3 Å². The minimum absolute atomic E-state index is 0.618. The van der Waals surface area contributed by atoms with Crippen molar-refractivity contribution in [2.24, 2.45) is 4.99 Å². The van der Waals surface area contributed by atoms with E-state index >= 15 is 0 Å². The molecule has 152 valence electrons. The van der Waals surface area contributed by atoms with Gasteiger partial charge in [0, 0.05) is 20.1 Å². The Morgan fingerprint density at radius 3 is 2.21 bits per heavy atom. The van der Waals surface area contributed by atoms with Crippen LogP contribution in [0.1, 0.15) is 18.1 Å². The summed E-state index contributed by atoms with van der Waals surface area (Å²) in [4.78, 5) is 6.90. The molecule has 0 radical (unpaired) electrons. The van der Waals surface area contributed by atoms with E-state index in [0.717, 1.165) is 48.3 Å². The van der Waals surface area contributed by atoms with Crippen molar-refractivity contribution in [2.45, 2.75) is 19.9 Å². The molecule has 1 N–H and O–H groups in total. The molecule has 6 heteroatoms. The van der Waals surface area contributed by atoms with E-state index in [1.165, 1.54) is 5.56 Å². The van der Waals surface area contributed by atoms with Gasteiger partial charge in [0.15, 0.2) is 17.5 Å². The number of guanidine groups is 1. The third-order valence-electron chi connectivity index (χ3n) is 4.45. The standard InChI is InChI=1S/C22H31N3O3/c1-6-23-22(24-16-18-7-10-19(26-3)11-8-18)25(2)14-13-17-9-12-20(27-4)21(15-17)28-5/h7-12,15H,6,13-14,16H2,1-5H3,(H,23,24). The summed E-state index contributed by atoms with van der Waals surface area (Å²) in [6.45, 7) is 4.35. The van der Waals surface area contributed by atoms with Gasteiger partial charge in [0.05, 0.1) is 27.9 Å². The molecule has 0 bridgehead atoms. The van der Waals surface area contributed by atoms with Crippen molar-refractivity contribution < 1.29 is 14.2 Å². The molecule has 2 aromatic rings. The Hall–Kier alpha value is -2.89. The molecular formula is C22H31N3O3. The second kappa shape index (κ2) is 11.1. The van der Waals surface area contributed by atoms with E-state index in [-0.39, 0.29) is 0 Å². The summed E-state index contributed by atoms with van der Waals surface area (Å²) in [5, 5.41) is 3.36. The molecule has 0 saturated heterocycles. The highest BCUT2D eigenvalue weighted by Gasteiger charge is 2.08. The van der Waals surface area contributed by atoms with Gasteiger partial charge in [-0.1, -0.05) is 18.2 Å². The summed E-state index contributed by atoms with van der Waals surface area (Å²) in [5.74, 6) is 3.24. The predicted octanol–water partition coefficient (Wildman–Crippen LogP) is 3.35. The Morgan fingerprint density at radius 2 is 1.61 bits per heavy atom. The van der Waals surface area contributed by atoms with Crippen molar-refractivity contribution in [1.29, 1.82) is 0 Å². The summed E-state index contributed by atoms with van der Waals surface area (Å²) in [6.07, 6.45) is 0.879. The van der Waals surface area contributed by atoms with Crippen LogP contribution < -0.4 is 19.5 Å². The summed E-state index contributed by atoms with van der Waals surface area (Å²) in [6, 6.07) is 14.0. The maximum absolute atomic E-state index is 5.39. The van der Waals surface area contributed by atoms with Gasteiger partial charge < -0.3 is 24.4 Å². The number of methoxy groups -OCH3 is 3. The number of rotatable bonds is 9. The molecule has 0 fully saturated rings. The number of hydrogen-bond acceptors (Lipinski definition) is 4. The highest BCUT2D eigenvalue weighted by Crippen LogP contribution is 2.27. The van der Waals surface area contributed by atoms with Crippen molar-refractivity contribution in [3.63, 3.8) is 0 Å². The van der Waals surface area contributed by atoms with Gasteiger partial charge in [-0.05, 0) is 48.7 Å². The number of nitrogens with zero attached hydrogens (tertiary/aromatic N) is 2. The normalized spacial score (nSPS) is 11.1. The van der Waals surface area contributed by atoms with Crippen LogP contribution in [0.2, 0.25) is 0 Å². The second-order valence-corrected chi connectivity index (χ2v) is 6.38. The molecule has 28 heavy (non-hydrogen) atoms. The third-order valence-corrected chi connectivity index (χ3v) is 4.45. The smallest absolute Gasteiger partial charge is 0.193 e. The zero-order valence-electron chi connectivity index (χ0n) is 17.5. The number of likely N-dealkylation sites (N-methyl/N-ethyl adjacent to an activating group) is 1. The Kier molecular flexibility index (Phi) is 8.46. The van der Waals surface area contributed by atoms with Crippen LogP contribution >= 0.6 is 0 Å². The van der Waals surface area contributed by atoms with E-state index in [9.17, 15) is 0 Å². The highest BCUT2D eigenvalue weighted by atomic mass is 16.5. The molecule has 0 amide bonds. The molecule has 0 saturated carbocycles. The highest BCUT2D eigenvalue weighted by molar-refractivity contribution is 5.79. The molecular weight excluding hydrogens is 354 g/mol. The van der Waals surface area contributed by atoms with Crippen LogP contribution in [0.15, 0.2) is 47.5 Å². The maximum atomic E-state index is 5.39. The first-order chi connectivity index (χ1) is 13.6. The minimum atomic E-state index is 0.618. The summed E-state index contributed by atoms with van der Waals surface area (Å²) in [7, 11) is 7.02. The SMILES string of the molecule is CCNC(=NCc1ccc(OC)cc1)N(C)CCc1ccc(OC)c(OC)c1. The number of aliphatic imine (C=N–C) groups is 1. The first-order valence-electron chi connectivity index (χ1n) is 9.44. The summed E-state index contributed by atoms with van der Waals surface area (Å²) in [5.41, 5.74) is 2.33. The minimum Gasteiger partial charge on any atom is -0.497 e. The van der Waals surface area contributed by atoms with Crippen LogP contribution in [0, 0.1) is 0 Å². The lowest BCUT2D eigenvalue weighted by molar-refractivity contribution is 0.354. The van der Waals surface area contributed by atoms with Crippen molar-refractivity contribution >= 4 is 5.96 Å². The maximum Gasteiger partial charge on any atom is 0.193 e. The molecule has 0 aliphatic carbocycles. The van der Waals surface area contributed by atoms with E-state index in [0.29, 0.717) is 6.54 Å². The second-order valence-electron chi connectivity index (χ2n) is 6.38. The fourth-order valence-electron chi connectivity index (χ4n) is 2.81. The van der Waals surface area contributed by atoms with Gasteiger partial charge in [0.25, 0.3) is 0 Å². The van der Waals surface area contributed by atoms with Gasteiger partial charge in [-0.25, -0.2) is 4.99 Å². The molecule has 0 heterocycles. The fraction of sp³-hybridized carbons (Fsp3) is 0.409. The summed E-state index contributed by atoms with van der Waals surface area (Å²) >= 11 is 0. The van der Waals surface area contributed by atoms with Crippen molar-refractivity contribution in [1.82, 2.24) is 10.2 Å². The molecule has 2 aromatic carbocycles. The van der Waals surface area contributed by atoms with Gasteiger partial charge in [-0.15, -0.1) is 0 Å². The fourth-order valence-corrected chi connectivity index (χ4v) is 2.81. The first kappa shape index (κ1) is 21.4. The quantitative estimate of drug-likeness (QED) is 0.530. The van der Waals surface area contributed by atoms with Crippen LogP contribution in [0.5, 0.6) is 17.2 Å². The number of nitrogens with one attached hydrogen (secondary N) is 1. The molecule has 0 atom stereocenters. The molecule has 2 rings (SSSR count). The first-order valence-corrected chi connectivity index (χ1v) is 9.44. The Morgan fingerprint density at radius 1 is 0.929 bits per heavy atom. The predicted molar refractivity (Wildman–Crippen MR) is 114 cm³/mol. The average Bonchev–Trinajstić information content (AvgIpc) is 2.74. The van der Waals surface area contributed by atoms with Crippen LogP contribution in [0.25, 0.3) is 0 Å². The third kappa shape index (κ3) is 6.08. The number of ether oxygens (including phenoxy) is 3. The van der Waals surface area contributed by atoms with Crippen molar-refractivity contribution in [3.8, 4) is 17.2 Å². The van der Waals surface area contributed by atoms with Crippen LogP contribution in [-0.2, 0) is 13.0 Å². The van der Waals surface area contributed by atoms with E-state index in [1.807, 2.05) is 36.4 Å². The topological polar surface area (TPSA) is 55.3 Å². The zero-order valence-corrected chi connectivity index (χ0v) is 17.5. The zero-order chi connectivity index (χ0) is 20.4. The Labute approximate surface area is 168 Å².